The lowest BCUT2D eigenvalue weighted by atomic mass is 10.1. The fourth-order valence-corrected chi connectivity index (χ4v) is 3.73. The summed E-state index contributed by atoms with van der Waals surface area (Å²) in [7, 11) is 0. The van der Waals surface area contributed by atoms with Crippen LogP contribution in [-0.2, 0) is 0 Å². The predicted octanol–water partition coefficient (Wildman–Crippen LogP) is 5.53. The highest BCUT2D eigenvalue weighted by Crippen LogP contribution is 2.23. The Morgan fingerprint density at radius 2 is 1.37 bits per heavy atom. The lowest BCUT2D eigenvalue weighted by Crippen LogP contribution is -2.13. The molecule has 0 unspecified atom stereocenters. The molecule has 4 aromatic rings. The van der Waals surface area contributed by atoms with E-state index >= 15 is 0 Å². The molecule has 0 fully saturated rings. The zero-order valence-electron chi connectivity index (χ0n) is 15.0. The minimum Gasteiger partial charge on any atom is -0.284 e. The summed E-state index contributed by atoms with van der Waals surface area (Å²) in [6.45, 7) is 1.98. The van der Waals surface area contributed by atoms with Crippen LogP contribution in [0, 0.1) is 0 Å². The molecule has 4 heteroatoms. The summed E-state index contributed by atoms with van der Waals surface area (Å²) in [4.78, 5) is 0.843. The highest BCUT2D eigenvalue weighted by atomic mass is 32.1. The van der Waals surface area contributed by atoms with Gasteiger partial charge in [-0.25, -0.2) is 0 Å². The minimum atomic E-state index is 0.843. The molecule has 3 nitrogen and oxygen atoms in total. The van der Waals surface area contributed by atoms with Gasteiger partial charge in [-0.1, -0.05) is 78.9 Å². The number of aromatic nitrogens is 1. The van der Waals surface area contributed by atoms with Crippen molar-refractivity contribution < 1.29 is 0 Å². The van der Waals surface area contributed by atoms with E-state index < -0.39 is 0 Å². The Balaban J connectivity index is 1.85. The normalized spacial score (nSPS) is 12.3. The summed E-state index contributed by atoms with van der Waals surface area (Å²) < 4.78 is 2.15. The fraction of sp³-hybridized carbons (Fsp3) is 0.0435. The van der Waals surface area contributed by atoms with Crippen LogP contribution in [0.1, 0.15) is 12.5 Å². The van der Waals surface area contributed by atoms with Gasteiger partial charge in [0.2, 0.25) is 4.80 Å². The van der Waals surface area contributed by atoms with E-state index in [2.05, 4.69) is 56.5 Å². The molecule has 27 heavy (non-hydrogen) atoms. The van der Waals surface area contributed by atoms with E-state index in [-0.39, 0.29) is 0 Å². The molecular formula is C23H19N3S. The molecule has 0 bridgehead atoms. The van der Waals surface area contributed by atoms with Gasteiger partial charge in [-0.05, 0) is 30.2 Å². The Morgan fingerprint density at radius 3 is 2.04 bits per heavy atom. The molecule has 1 aromatic heterocycles. The lowest BCUT2D eigenvalue weighted by Gasteiger charge is -2.08. The number of hydrogen-bond acceptors (Lipinski definition) is 3. The third-order valence-corrected chi connectivity index (χ3v) is 5.09. The van der Waals surface area contributed by atoms with Crippen molar-refractivity contribution in [3.63, 3.8) is 0 Å². The van der Waals surface area contributed by atoms with Crippen molar-refractivity contribution in [3.05, 3.63) is 107 Å². The quantitative estimate of drug-likeness (QED) is 0.334. The standard InChI is InChI=1S/C23H19N3S/c1-18(19-11-5-2-6-12-19)24-25-23-26(21-15-9-4-10-16-21)22(17-27-23)20-13-7-3-8-14-20/h2-17H,1H3. The lowest BCUT2D eigenvalue weighted by molar-refractivity contribution is 0.970. The maximum Gasteiger partial charge on any atom is 0.215 e. The molecule has 0 spiro atoms. The van der Waals surface area contributed by atoms with Gasteiger partial charge < -0.3 is 0 Å². The first-order chi connectivity index (χ1) is 13.3. The fourth-order valence-electron chi connectivity index (χ4n) is 2.87. The average Bonchev–Trinajstić information content (AvgIpc) is 3.18. The second-order valence-electron chi connectivity index (χ2n) is 6.09. The van der Waals surface area contributed by atoms with Crippen molar-refractivity contribution in [3.8, 4) is 16.9 Å². The van der Waals surface area contributed by atoms with Crippen LogP contribution in [-0.4, -0.2) is 10.3 Å². The molecular weight excluding hydrogens is 350 g/mol. The Kier molecular flexibility index (Phi) is 5.08. The van der Waals surface area contributed by atoms with E-state index in [1.54, 1.807) is 11.3 Å². The van der Waals surface area contributed by atoms with Crippen LogP contribution in [0.25, 0.3) is 16.9 Å². The van der Waals surface area contributed by atoms with E-state index in [1.165, 1.54) is 0 Å². The van der Waals surface area contributed by atoms with Gasteiger partial charge in [-0.15, -0.1) is 16.4 Å². The summed E-state index contributed by atoms with van der Waals surface area (Å²) >= 11 is 1.59. The van der Waals surface area contributed by atoms with Crippen LogP contribution < -0.4 is 4.80 Å². The smallest absolute Gasteiger partial charge is 0.215 e. The van der Waals surface area contributed by atoms with E-state index in [0.29, 0.717) is 0 Å². The Hall–Kier alpha value is -3.24. The third kappa shape index (κ3) is 3.81. The van der Waals surface area contributed by atoms with Gasteiger partial charge in [-0.3, -0.25) is 4.57 Å². The van der Waals surface area contributed by atoms with Crippen molar-refractivity contribution in [1.82, 2.24) is 4.57 Å². The third-order valence-electron chi connectivity index (χ3n) is 4.27. The maximum absolute atomic E-state index is 4.57. The Labute approximate surface area is 162 Å². The van der Waals surface area contributed by atoms with Gasteiger partial charge in [-0.2, -0.15) is 5.10 Å². The summed E-state index contributed by atoms with van der Waals surface area (Å²) in [6.07, 6.45) is 0. The second-order valence-corrected chi connectivity index (χ2v) is 6.93. The van der Waals surface area contributed by atoms with Gasteiger partial charge in [0.05, 0.1) is 11.4 Å². The molecule has 0 saturated heterocycles. The summed E-state index contributed by atoms with van der Waals surface area (Å²) in [5.74, 6) is 0. The SMILES string of the molecule is CC(=NN=c1scc(-c2ccccc2)n1-c1ccccc1)c1ccccc1. The predicted molar refractivity (Wildman–Crippen MR) is 113 cm³/mol. The van der Waals surface area contributed by atoms with Crippen molar-refractivity contribution in [1.29, 1.82) is 0 Å². The molecule has 0 radical (unpaired) electrons. The van der Waals surface area contributed by atoms with E-state index in [4.69, 9.17) is 0 Å². The molecule has 1 heterocycles. The molecule has 132 valence electrons. The van der Waals surface area contributed by atoms with Crippen LogP contribution in [0.15, 0.2) is 107 Å². The molecule has 0 aliphatic carbocycles. The largest absolute Gasteiger partial charge is 0.284 e. The Morgan fingerprint density at radius 1 is 0.778 bits per heavy atom. The number of rotatable bonds is 4. The van der Waals surface area contributed by atoms with Crippen molar-refractivity contribution >= 4 is 17.0 Å². The monoisotopic (exact) mass is 369 g/mol. The van der Waals surface area contributed by atoms with Gasteiger partial charge in [0.1, 0.15) is 0 Å². The topological polar surface area (TPSA) is 29.6 Å². The first kappa shape index (κ1) is 17.2. The number of hydrogen-bond donors (Lipinski definition) is 0. The van der Waals surface area contributed by atoms with E-state index in [9.17, 15) is 0 Å². The van der Waals surface area contributed by atoms with E-state index in [1.807, 2.05) is 61.5 Å². The van der Waals surface area contributed by atoms with Crippen LogP contribution in [0.2, 0.25) is 0 Å². The first-order valence-corrected chi connectivity index (χ1v) is 9.66. The van der Waals surface area contributed by atoms with Gasteiger partial charge in [0.15, 0.2) is 0 Å². The highest BCUT2D eigenvalue weighted by molar-refractivity contribution is 7.07. The van der Waals surface area contributed by atoms with Gasteiger partial charge >= 0.3 is 0 Å². The van der Waals surface area contributed by atoms with Crippen LogP contribution in [0.3, 0.4) is 0 Å². The summed E-state index contributed by atoms with van der Waals surface area (Å²) in [6, 6.07) is 30.8. The van der Waals surface area contributed by atoms with Gasteiger partial charge in [0, 0.05) is 11.1 Å². The molecule has 0 saturated carbocycles. The Bertz CT molecular complexity index is 1110. The molecule has 0 N–H and O–H groups in total. The summed E-state index contributed by atoms with van der Waals surface area (Å²) in [5.41, 5.74) is 5.31. The summed E-state index contributed by atoms with van der Waals surface area (Å²) in [5, 5.41) is 11.2. The number of para-hydroxylation sites is 1. The van der Waals surface area contributed by atoms with Crippen LogP contribution >= 0.6 is 11.3 Å². The second kappa shape index (κ2) is 7.98. The average molecular weight is 369 g/mol. The molecule has 3 aromatic carbocycles. The maximum atomic E-state index is 4.57. The van der Waals surface area contributed by atoms with Crippen molar-refractivity contribution in [2.45, 2.75) is 6.92 Å². The number of nitrogens with zero attached hydrogens (tertiary/aromatic N) is 3. The molecule has 0 atom stereocenters. The highest BCUT2D eigenvalue weighted by Gasteiger charge is 2.09. The van der Waals surface area contributed by atoms with Crippen molar-refractivity contribution in [2.75, 3.05) is 0 Å². The zero-order chi connectivity index (χ0) is 18.5. The zero-order valence-corrected chi connectivity index (χ0v) is 15.8. The van der Waals surface area contributed by atoms with E-state index in [0.717, 1.165) is 33.0 Å². The minimum absolute atomic E-state index is 0.843. The molecule has 0 aliphatic rings. The first-order valence-electron chi connectivity index (χ1n) is 8.78. The number of benzene rings is 3. The molecule has 4 rings (SSSR count). The van der Waals surface area contributed by atoms with Crippen LogP contribution in [0.5, 0.6) is 0 Å². The van der Waals surface area contributed by atoms with Crippen LogP contribution in [0.4, 0.5) is 0 Å². The number of thiazole rings is 1. The molecule has 0 amide bonds. The molecule has 0 aliphatic heterocycles. The van der Waals surface area contributed by atoms with Gasteiger partial charge in [0.25, 0.3) is 0 Å². The van der Waals surface area contributed by atoms with Crippen molar-refractivity contribution in [2.24, 2.45) is 10.2 Å².